The van der Waals surface area contributed by atoms with Crippen LogP contribution in [0.2, 0.25) is 5.02 Å². The van der Waals surface area contributed by atoms with E-state index in [0.717, 1.165) is 23.9 Å². The van der Waals surface area contributed by atoms with Gasteiger partial charge < -0.3 is 5.32 Å². The number of aliphatic imine (C=N–C) groups is 1. The summed E-state index contributed by atoms with van der Waals surface area (Å²) in [5.74, 6) is -0.810. The molecule has 3 rings (SSSR count). The number of carbonyl (C=O) groups excluding carboxylic acids is 2. The van der Waals surface area contributed by atoms with E-state index < -0.39 is 22.9 Å². The van der Waals surface area contributed by atoms with E-state index in [4.69, 9.17) is 11.6 Å². The quantitative estimate of drug-likeness (QED) is 0.733. The van der Waals surface area contributed by atoms with Gasteiger partial charge >= 0.3 is 6.18 Å². The fraction of sp³-hybridized carbons (Fsp3) is 0.211. The second kappa shape index (κ2) is 8.46. The van der Waals surface area contributed by atoms with Gasteiger partial charge in [0.25, 0.3) is 0 Å². The summed E-state index contributed by atoms with van der Waals surface area (Å²) < 4.78 is 38.7. The van der Waals surface area contributed by atoms with Gasteiger partial charge in [0.15, 0.2) is 5.17 Å². The molecule has 0 radical (unpaired) electrons. The number of amides is 2. The molecule has 1 unspecified atom stereocenters. The van der Waals surface area contributed by atoms with Crippen molar-refractivity contribution in [1.82, 2.24) is 4.90 Å². The SMILES string of the molecule is CN1C(=O)CC(C(=O)Nc2ccccc2Cl)SC1=Nc1cccc(C(F)(F)F)c1. The van der Waals surface area contributed by atoms with Crippen LogP contribution in [0.15, 0.2) is 53.5 Å². The zero-order chi connectivity index (χ0) is 21.2. The summed E-state index contributed by atoms with van der Waals surface area (Å²) in [6.07, 6.45) is -4.58. The Bertz CT molecular complexity index is 981. The van der Waals surface area contributed by atoms with E-state index in [-0.39, 0.29) is 23.2 Å². The monoisotopic (exact) mass is 441 g/mol. The van der Waals surface area contributed by atoms with Crippen LogP contribution >= 0.6 is 23.4 Å². The molecular weight excluding hydrogens is 427 g/mol. The minimum atomic E-state index is -4.50. The highest BCUT2D eigenvalue weighted by atomic mass is 35.5. The van der Waals surface area contributed by atoms with E-state index in [1.807, 2.05) is 0 Å². The van der Waals surface area contributed by atoms with Gasteiger partial charge in [-0.2, -0.15) is 13.2 Å². The molecule has 0 aliphatic carbocycles. The minimum absolute atomic E-state index is 0.0362. The number of hydrogen-bond acceptors (Lipinski definition) is 4. The third-order valence-electron chi connectivity index (χ3n) is 4.09. The number of alkyl halides is 3. The molecule has 1 atom stereocenters. The van der Waals surface area contributed by atoms with Crippen molar-refractivity contribution in [2.75, 3.05) is 12.4 Å². The number of thioether (sulfide) groups is 1. The zero-order valence-corrected chi connectivity index (χ0v) is 16.6. The zero-order valence-electron chi connectivity index (χ0n) is 15.0. The molecule has 29 heavy (non-hydrogen) atoms. The number of benzene rings is 2. The second-order valence-electron chi connectivity index (χ2n) is 6.17. The largest absolute Gasteiger partial charge is 0.416 e. The Kier molecular flexibility index (Phi) is 6.18. The number of halogens is 4. The molecular formula is C19H15ClF3N3O2S. The highest BCUT2D eigenvalue weighted by molar-refractivity contribution is 8.15. The Labute approximate surface area is 173 Å². The molecule has 2 amide bonds. The predicted octanol–water partition coefficient (Wildman–Crippen LogP) is 4.95. The first-order valence-corrected chi connectivity index (χ1v) is 9.65. The van der Waals surface area contributed by atoms with Crippen molar-refractivity contribution in [2.45, 2.75) is 17.8 Å². The number of carbonyl (C=O) groups is 2. The van der Waals surface area contributed by atoms with Crippen LogP contribution in [0.25, 0.3) is 0 Å². The van der Waals surface area contributed by atoms with Crippen molar-refractivity contribution >= 4 is 51.7 Å². The normalized spacial score (nSPS) is 18.8. The summed E-state index contributed by atoms with van der Waals surface area (Å²) in [5, 5.41) is 2.36. The number of nitrogens with one attached hydrogen (secondary N) is 1. The molecule has 1 saturated heterocycles. The van der Waals surface area contributed by atoms with Crippen LogP contribution in [-0.2, 0) is 15.8 Å². The summed E-state index contributed by atoms with van der Waals surface area (Å²) in [7, 11) is 1.46. The lowest BCUT2D eigenvalue weighted by Crippen LogP contribution is -2.43. The Hall–Kier alpha value is -2.52. The number of amidine groups is 1. The molecule has 0 aromatic heterocycles. The van der Waals surface area contributed by atoms with Gasteiger partial charge in [-0.25, -0.2) is 4.99 Å². The van der Waals surface area contributed by atoms with Crippen LogP contribution < -0.4 is 5.32 Å². The molecule has 0 saturated carbocycles. The van der Waals surface area contributed by atoms with Crippen LogP contribution in [0.5, 0.6) is 0 Å². The third kappa shape index (κ3) is 5.10. The van der Waals surface area contributed by atoms with E-state index in [1.165, 1.54) is 24.1 Å². The maximum atomic E-state index is 12.9. The highest BCUT2D eigenvalue weighted by Crippen LogP contribution is 2.33. The van der Waals surface area contributed by atoms with Crippen LogP contribution in [0.1, 0.15) is 12.0 Å². The van der Waals surface area contributed by atoms with E-state index in [2.05, 4.69) is 10.3 Å². The van der Waals surface area contributed by atoms with Crippen LogP contribution in [0.4, 0.5) is 24.5 Å². The summed E-state index contributed by atoms with van der Waals surface area (Å²) in [6.45, 7) is 0. The van der Waals surface area contributed by atoms with Gasteiger partial charge in [-0.05, 0) is 30.3 Å². The number of anilines is 1. The number of hydrogen-bond donors (Lipinski definition) is 1. The molecule has 1 aliphatic rings. The Balaban J connectivity index is 1.83. The van der Waals surface area contributed by atoms with Crippen LogP contribution in [-0.4, -0.2) is 34.2 Å². The molecule has 1 fully saturated rings. The van der Waals surface area contributed by atoms with Crippen molar-refractivity contribution in [3.05, 3.63) is 59.1 Å². The molecule has 5 nitrogen and oxygen atoms in total. The predicted molar refractivity (Wildman–Crippen MR) is 107 cm³/mol. The fourth-order valence-electron chi connectivity index (χ4n) is 2.54. The van der Waals surface area contributed by atoms with Crippen molar-refractivity contribution in [3.63, 3.8) is 0 Å². The van der Waals surface area contributed by atoms with Gasteiger partial charge in [0.05, 0.1) is 22.0 Å². The minimum Gasteiger partial charge on any atom is -0.324 e. The van der Waals surface area contributed by atoms with E-state index in [0.29, 0.717) is 10.7 Å². The van der Waals surface area contributed by atoms with E-state index in [1.54, 1.807) is 24.3 Å². The van der Waals surface area contributed by atoms with Crippen LogP contribution in [0, 0.1) is 0 Å². The maximum absolute atomic E-state index is 12.9. The van der Waals surface area contributed by atoms with Gasteiger partial charge in [-0.3, -0.25) is 14.5 Å². The van der Waals surface area contributed by atoms with E-state index in [9.17, 15) is 22.8 Å². The lowest BCUT2D eigenvalue weighted by atomic mass is 10.2. The van der Waals surface area contributed by atoms with Gasteiger partial charge in [0, 0.05) is 13.5 Å². The average Bonchev–Trinajstić information content (AvgIpc) is 2.66. The molecule has 2 aromatic carbocycles. The van der Waals surface area contributed by atoms with Crippen molar-refractivity contribution in [1.29, 1.82) is 0 Å². The first-order chi connectivity index (χ1) is 13.6. The third-order valence-corrected chi connectivity index (χ3v) is 5.66. The van der Waals surface area contributed by atoms with Crippen molar-refractivity contribution in [2.24, 2.45) is 4.99 Å². The highest BCUT2D eigenvalue weighted by Gasteiger charge is 2.35. The summed E-state index contributed by atoms with van der Waals surface area (Å²) in [4.78, 5) is 30.3. The maximum Gasteiger partial charge on any atom is 0.416 e. The molecule has 1 heterocycles. The standard InChI is InChI=1S/C19H15ClF3N3O2S/c1-26-16(27)10-15(17(28)25-14-8-3-2-7-13(14)20)29-18(26)24-12-6-4-5-11(9-12)19(21,22)23/h2-9,15H,10H2,1H3,(H,25,28). The van der Waals surface area contributed by atoms with Crippen molar-refractivity contribution < 1.29 is 22.8 Å². The van der Waals surface area contributed by atoms with Gasteiger partial charge in [0.1, 0.15) is 5.25 Å². The van der Waals surface area contributed by atoms with Gasteiger partial charge in [-0.1, -0.05) is 41.6 Å². The Morgan fingerprint density at radius 3 is 2.66 bits per heavy atom. The molecule has 0 spiro atoms. The van der Waals surface area contributed by atoms with E-state index >= 15 is 0 Å². The number of para-hydroxylation sites is 1. The molecule has 1 N–H and O–H groups in total. The van der Waals surface area contributed by atoms with Gasteiger partial charge in [0.2, 0.25) is 11.8 Å². The molecule has 0 bridgehead atoms. The molecule has 1 aliphatic heterocycles. The first-order valence-electron chi connectivity index (χ1n) is 8.39. The Morgan fingerprint density at radius 1 is 1.24 bits per heavy atom. The smallest absolute Gasteiger partial charge is 0.324 e. The lowest BCUT2D eigenvalue weighted by molar-refractivity contribution is -0.137. The first kappa shape index (κ1) is 21.2. The second-order valence-corrected chi connectivity index (χ2v) is 7.75. The average molecular weight is 442 g/mol. The number of nitrogens with zero attached hydrogens (tertiary/aromatic N) is 2. The molecule has 10 heteroatoms. The molecule has 2 aromatic rings. The summed E-state index contributed by atoms with van der Waals surface area (Å²) >= 11 is 7.04. The van der Waals surface area contributed by atoms with Gasteiger partial charge in [-0.15, -0.1) is 0 Å². The number of rotatable bonds is 3. The van der Waals surface area contributed by atoms with Crippen LogP contribution in [0.3, 0.4) is 0 Å². The van der Waals surface area contributed by atoms with Crippen molar-refractivity contribution in [3.8, 4) is 0 Å². The Morgan fingerprint density at radius 2 is 1.97 bits per heavy atom. The lowest BCUT2D eigenvalue weighted by Gasteiger charge is -2.29. The topological polar surface area (TPSA) is 61.8 Å². The summed E-state index contributed by atoms with van der Waals surface area (Å²) in [5.41, 5.74) is -0.404. The fourth-order valence-corrected chi connectivity index (χ4v) is 3.78. The summed E-state index contributed by atoms with van der Waals surface area (Å²) in [6, 6.07) is 11.1. The molecule has 152 valence electrons.